The van der Waals surface area contributed by atoms with Gasteiger partial charge in [0.25, 0.3) is 8.32 Å². The van der Waals surface area contributed by atoms with Gasteiger partial charge in [-0.25, -0.2) is 0 Å². The van der Waals surface area contributed by atoms with Crippen molar-refractivity contribution in [3.05, 3.63) is 90.0 Å². The van der Waals surface area contributed by atoms with E-state index in [1.165, 1.54) is 0 Å². The number of benzene rings is 3. The third kappa shape index (κ3) is 4.64. The predicted molar refractivity (Wildman–Crippen MR) is 144 cm³/mol. The van der Waals surface area contributed by atoms with Crippen LogP contribution in [0.5, 0.6) is 11.5 Å². The Morgan fingerprint density at radius 2 is 1.24 bits per heavy atom. The molecular formula is C29H34O2SSi. The number of para-hydroxylation sites is 1. The second kappa shape index (κ2) is 9.82. The van der Waals surface area contributed by atoms with E-state index in [9.17, 15) is 0 Å². The molecule has 3 aromatic rings. The zero-order valence-electron chi connectivity index (χ0n) is 20.5. The number of rotatable bonds is 7. The molecule has 0 radical (unpaired) electrons. The monoisotopic (exact) mass is 474 g/mol. The average molecular weight is 475 g/mol. The third-order valence-electron chi connectivity index (χ3n) is 6.63. The lowest BCUT2D eigenvalue weighted by atomic mass is 10.1. The van der Waals surface area contributed by atoms with E-state index in [0.717, 1.165) is 38.2 Å². The molecule has 4 rings (SSSR count). The van der Waals surface area contributed by atoms with Gasteiger partial charge in [-0.1, -0.05) is 95.8 Å². The molecule has 0 aromatic heterocycles. The Hall–Kier alpha value is -2.43. The van der Waals surface area contributed by atoms with Crippen LogP contribution in [0, 0.1) is 0 Å². The molecule has 1 aliphatic heterocycles. The van der Waals surface area contributed by atoms with Crippen LogP contribution in [0.2, 0.25) is 16.6 Å². The highest BCUT2D eigenvalue weighted by Gasteiger charge is 2.47. The summed E-state index contributed by atoms with van der Waals surface area (Å²) in [5.74, 6) is 2.77. The van der Waals surface area contributed by atoms with Crippen LogP contribution in [0.1, 0.15) is 52.7 Å². The van der Waals surface area contributed by atoms with Crippen LogP contribution in [0.4, 0.5) is 0 Å². The Kier molecular flexibility index (Phi) is 7.06. The molecule has 2 nitrogen and oxygen atoms in total. The van der Waals surface area contributed by atoms with Gasteiger partial charge in [0.2, 0.25) is 0 Å². The molecule has 0 saturated heterocycles. The van der Waals surface area contributed by atoms with E-state index >= 15 is 0 Å². The summed E-state index contributed by atoms with van der Waals surface area (Å²) >= 11 is 1.77. The van der Waals surface area contributed by atoms with E-state index in [1.807, 2.05) is 18.2 Å². The van der Waals surface area contributed by atoms with Crippen LogP contribution in [0.15, 0.2) is 83.8 Å². The maximum absolute atomic E-state index is 6.87. The molecule has 0 fully saturated rings. The fraction of sp³-hybridized carbons (Fsp3) is 0.310. The molecule has 4 heteroatoms. The van der Waals surface area contributed by atoms with Gasteiger partial charge in [-0.15, -0.1) is 0 Å². The van der Waals surface area contributed by atoms with Gasteiger partial charge in [0.05, 0.1) is 9.80 Å². The van der Waals surface area contributed by atoms with Gasteiger partial charge in [-0.05, 0) is 58.6 Å². The molecule has 1 aliphatic rings. The average Bonchev–Trinajstić information content (AvgIpc) is 2.82. The topological polar surface area (TPSA) is 18.5 Å². The minimum Gasteiger partial charge on any atom is -0.543 e. The summed E-state index contributed by atoms with van der Waals surface area (Å²) in [4.78, 5) is 2.28. The van der Waals surface area contributed by atoms with Crippen molar-refractivity contribution in [1.29, 1.82) is 0 Å². The van der Waals surface area contributed by atoms with Crippen LogP contribution >= 0.6 is 11.8 Å². The second-order valence-electron chi connectivity index (χ2n) is 9.62. The van der Waals surface area contributed by atoms with E-state index in [-0.39, 0.29) is 0 Å². The van der Waals surface area contributed by atoms with Crippen molar-refractivity contribution in [2.75, 3.05) is 0 Å². The Bertz CT molecular complexity index is 1100. The number of thioether (sulfide) groups is 1. The van der Waals surface area contributed by atoms with Crippen LogP contribution in [0.25, 0.3) is 10.7 Å². The standard InChI is InChI=1S/C29H34O2SSi/c1-20(2)33(21(3)4,22(5)6)31-25-18-16-23(17-19-25)28-29(24-12-8-7-9-13-24)32-27-15-11-10-14-26(27)30-28/h7-22H,1-6H3. The van der Waals surface area contributed by atoms with Crippen LogP contribution in [-0.2, 0) is 0 Å². The third-order valence-corrected chi connectivity index (χ3v) is 13.8. The molecule has 0 amide bonds. The Morgan fingerprint density at radius 1 is 0.667 bits per heavy atom. The van der Waals surface area contributed by atoms with Crippen molar-refractivity contribution in [3.8, 4) is 11.5 Å². The largest absolute Gasteiger partial charge is 0.543 e. The lowest BCUT2D eigenvalue weighted by Gasteiger charge is -2.42. The molecule has 0 unspecified atom stereocenters. The predicted octanol–water partition coefficient (Wildman–Crippen LogP) is 9.25. The lowest BCUT2D eigenvalue weighted by Crippen LogP contribution is -2.50. The summed E-state index contributed by atoms with van der Waals surface area (Å²) in [6.45, 7) is 13.9. The van der Waals surface area contributed by atoms with Crippen LogP contribution in [-0.4, -0.2) is 8.32 Å². The van der Waals surface area contributed by atoms with E-state index in [1.54, 1.807) is 11.8 Å². The van der Waals surface area contributed by atoms with Gasteiger partial charge in [0, 0.05) is 5.56 Å². The zero-order chi connectivity index (χ0) is 23.6. The first-order chi connectivity index (χ1) is 15.8. The van der Waals surface area contributed by atoms with Crippen molar-refractivity contribution < 1.29 is 9.16 Å². The van der Waals surface area contributed by atoms with Crippen molar-refractivity contribution in [1.82, 2.24) is 0 Å². The summed E-state index contributed by atoms with van der Waals surface area (Å²) < 4.78 is 13.3. The summed E-state index contributed by atoms with van der Waals surface area (Å²) in [6.07, 6.45) is 0. The van der Waals surface area contributed by atoms with Crippen molar-refractivity contribution >= 4 is 30.7 Å². The highest BCUT2D eigenvalue weighted by molar-refractivity contribution is 8.08. The van der Waals surface area contributed by atoms with Crippen LogP contribution < -0.4 is 9.16 Å². The number of fused-ring (bicyclic) bond motifs is 1. The van der Waals surface area contributed by atoms with Gasteiger partial charge in [-0.3, -0.25) is 0 Å². The quantitative estimate of drug-likeness (QED) is 0.318. The van der Waals surface area contributed by atoms with E-state index in [0.29, 0.717) is 16.6 Å². The maximum atomic E-state index is 6.87. The minimum absolute atomic E-state index is 0.541. The minimum atomic E-state index is -1.99. The Balaban J connectivity index is 1.71. The summed E-state index contributed by atoms with van der Waals surface area (Å²) in [7, 11) is -1.99. The fourth-order valence-electron chi connectivity index (χ4n) is 5.13. The fourth-order valence-corrected chi connectivity index (χ4v) is 11.5. The van der Waals surface area contributed by atoms with Gasteiger partial charge >= 0.3 is 0 Å². The molecule has 0 saturated carbocycles. The highest BCUT2D eigenvalue weighted by Crippen LogP contribution is 2.49. The van der Waals surface area contributed by atoms with Gasteiger partial charge in [0.1, 0.15) is 17.3 Å². The Morgan fingerprint density at radius 3 is 1.85 bits per heavy atom. The molecule has 0 aliphatic carbocycles. The van der Waals surface area contributed by atoms with Gasteiger partial charge in [0.15, 0.2) is 0 Å². The SMILES string of the molecule is CC(C)[Si](Oc1ccc(C2=C(c3ccccc3)Sc3ccccc3O2)cc1)(C(C)C)C(C)C. The molecule has 0 N–H and O–H groups in total. The smallest absolute Gasteiger partial charge is 0.258 e. The first-order valence-corrected chi connectivity index (χ1v) is 14.8. The van der Waals surface area contributed by atoms with Crippen LogP contribution in [0.3, 0.4) is 0 Å². The summed E-state index contributed by atoms with van der Waals surface area (Å²) in [6, 6.07) is 27.2. The first-order valence-electron chi connectivity index (χ1n) is 11.9. The Labute approximate surface area is 204 Å². The van der Waals surface area contributed by atoms with Gasteiger partial charge < -0.3 is 9.16 Å². The molecule has 1 heterocycles. The van der Waals surface area contributed by atoms with E-state index < -0.39 is 8.32 Å². The summed E-state index contributed by atoms with van der Waals surface area (Å²) in [5.41, 5.74) is 3.85. The lowest BCUT2D eigenvalue weighted by molar-refractivity contribution is 0.479. The first kappa shape index (κ1) is 23.7. The number of hydrogen-bond acceptors (Lipinski definition) is 3. The van der Waals surface area contributed by atoms with E-state index in [2.05, 4.69) is 102 Å². The second-order valence-corrected chi connectivity index (χ2v) is 16.0. The molecule has 0 bridgehead atoms. The van der Waals surface area contributed by atoms with Gasteiger partial charge in [-0.2, -0.15) is 0 Å². The molecular weight excluding hydrogens is 440 g/mol. The molecule has 172 valence electrons. The molecule has 3 aromatic carbocycles. The number of hydrogen-bond donors (Lipinski definition) is 0. The normalized spacial score (nSPS) is 14.0. The molecule has 0 spiro atoms. The van der Waals surface area contributed by atoms with E-state index in [4.69, 9.17) is 9.16 Å². The van der Waals surface area contributed by atoms with Crippen molar-refractivity contribution in [3.63, 3.8) is 0 Å². The van der Waals surface area contributed by atoms with Crippen molar-refractivity contribution in [2.45, 2.75) is 63.1 Å². The van der Waals surface area contributed by atoms with Crippen molar-refractivity contribution in [2.24, 2.45) is 0 Å². The molecule has 0 atom stereocenters. The highest BCUT2D eigenvalue weighted by atomic mass is 32.2. The summed E-state index contributed by atoms with van der Waals surface area (Å²) in [5, 5.41) is 0. The molecule has 33 heavy (non-hydrogen) atoms. The zero-order valence-corrected chi connectivity index (χ0v) is 22.3. The number of ether oxygens (including phenoxy) is 1. The maximum Gasteiger partial charge on any atom is 0.258 e.